The van der Waals surface area contributed by atoms with Gasteiger partial charge in [-0.2, -0.15) is 0 Å². The summed E-state index contributed by atoms with van der Waals surface area (Å²) in [5.41, 5.74) is 1.04. The Hall–Kier alpha value is -3.24. The molecular weight excluding hydrogens is 438 g/mol. The van der Waals surface area contributed by atoms with E-state index >= 15 is 0 Å². The number of anilines is 1. The Balaban J connectivity index is 1.93. The summed E-state index contributed by atoms with van der Waals surface area (Å²) < 4.78 is 10.8. The van der Waals surface area contributed by atoms with Crippen molar-refractivity contribution < 1.29 is 24.2 Å². The predicted octanol–water partition coefficient (Wildman–Crippen LogP) is 4.02. The van der Waals surface area contributed by atoms with Gasteiger partial charge in [-0.25, -0.2) is 9.97 Å². The lowest BCUT2D eigenvalue weighted by Gasteiger charge is -2.26. The third kappa shape index (κ3) is 3.47. The summed E-state index contributed by atoms with van der Waals surface area (Å²) >= 11 is 2.46. The molecule has 3 heterocycles. The van der Waals surface area contributed by atoms with Crippen molar-refractivity contribution in [1.29, 1.82) is 0 Å². The summed E-state index contributed by atoms with van der Waals surface area (Å²) in [6.07, 6.45) is 1.56. The first-order valence-corrected chi connectivity index (χ1v) is 10.9. The molecule has 1 aliphatic heterocycles. The molecular formula is C21H19N3O5S2. The van der Waals surface area contributed by atoms with Crippen molar-refractivity contribution in [2.24, 2.45) is 0 Å². The summed E-state index contributed by atoms with van der Waals surface area (Å²) in [7, 11) is 3.02. The molecule has 4 rings (SSSR count). The van der Waals surface area contributed by atoms with Crippen LogP contribution in [0.15, 0.2) is 41.1 Å². The normalized spacial score (nSPS) is 16.2. The van der Waals surface area contributed by atoms with Crippen LogP contribution in [0.5, 0.6) is 11.5 Å². The Morgan fingerprint density at radius 3 is 2.58 bits per heavy atom. The molecule has 1 amide bonds. The van der Waals surface area contributed by atoms with Crippen molar-refractivity contribution >= 4 is 39.5 Å². The standard InChI is InChI=1S/C21H19N3O5S2/c1-10-19(31-11(2)23-10)17(25)15-16(13-6-5-12(28-3)9-14(13)29-4)24(20(27)18(15)26)21-22-7-8-30-21/h5-9,16,26H,1-4H3. The van der Waals surface area contributed by atoms with Crippen molar-refractivity contribution in [1.82, 2.24) is 9.97 Å². The van der Waals surface area contributed by atoms with Crippen LogP contribution in [0.4, 0.5) is 5.13 Å². The maximum absolute atomic E-state index is 13.5. The second kappa shape index (κ2) is 8.12. The minimum Gasteiger partial charge on any atom is -0.503 e. The van der Waals surface area contributed by atoms with E-state index in [0.29, 0.717) is 32.8 Å². The molecule has 3 aromatic rings. The predicted molar refractivity (Wildman–Crippen MR) is 117 cm³/mol. The zero-order valence-electron chi connectivity index (χ0n) is 17.2. The lowest BCUT2D eigenvalue weighted by atomic mass is 9.94. The summed E-state index contributed by atoms with van der Waals surface area (Å²) in [4.78, 5) is 36.9. The number of Topliss-reactive ketones (excluding diaryl/α,β-unsaturated/α-hetero) is 1. The summed E-state index contributed by atoms with van der Waals surface area (Å²) in [6, 6.07) is 4.17. The van der Waals surface area contributed by atoms with Crippen molar-refractivity contribution in [2.45, 2.75) is 19.9 Å². The van der Waals surface area contributed by atoms with E-state index in [1.807, 2.05) is 0 Å². The van der Waals surface area contributed by atoms with E-state index in [2.05, 4.69) is 9.97 Å². The number of aliphatic hydroxyl groups is 1. The van der Waals surface area contributed by atoms with Crippen molar-refractivity contribution in [3.8, 4) is 11.5 Å². The maximum atomic E-state index is 13.5. The number of hydrogen-bond donors (Lipinski definition) is 1. The molecule has 1 aliphatic rings. The van der Waals surface area contributed by atoms with Crippen molar-refractivity contribution in [2.75, 3.05) is 19.1 Å². The SMILES string of the molecule is COc1ccc(C2C(C(=O)c3sc(C)nc3C)=C(O)C(=O)N2c2nccs2)c(OC)c1. The van der Waals surface area contributed by atoms with Crippen LogP contribution < -0.4 is 14.4 Å². The van der Waals surface area contributed by atoms with Crippen LogP contribution in [0.1, 0.15) is 32.0 Å². The molecule has 0 radical (unpaired) electrons. The van der Waals surface area contributed by atoms with Crippen LogP contribution in [0.3, 0.4) is 0 Å². The highest BCUT2D eigenvalue weighted by atomic mass is 32.1. The van der Waals surface area contributed by atoms with E-state index in [1.165, 1.54) is 41.8 Å². The fraction of sp³-hybridized carbons (Fsp3) is 0.238. The summed E-state index contributed by atoms with van der Waals surface area (Å²) in [5, 5.41) is 13.6. The molecule has 10 heteroatoms. The maximum Gasteiger partial charge on any atom is 0.296 e. The van der Waals surface area contributed by atoms with Gasteiger partial charge >= 0.3 is 0 Å². The van der Waals surface area contributed by atoms with Gasteiger partial charge in [-0.1, -0.05) is 0 Å². The van der Waals surface area contributed by atoms with E-state index in [1.54, 1.807) is 43.6 Å². The molecule has 0 saturated heterocycles. The average Bonchev–Trinajstić information content (AvgIpc) is 3.46. The van der Waals surface area contributed by atoms with Crippen LogP contribution in [0.25, 0.3) is 0 Å². The number of ether oxygens (including phenoxy) is 2. The Morgan fingerprint density at radius 1 is 1.23 bits per heavy atom. The van der Waals surface area contributed by atoms with Gasteiger partial charge < -0.3 is 14.6 Å². The highest BCUT2D eigenvalue weighted by molar-refractivity contribution is 7.14. The van der Waals surface area contributed by atoms with Gasteiger partial charge in [0.2, 0.25) is 5.78 Å². The smallest absolute Gasteiger partial charge is 0.296 e. The molecule has 1 aromatic carbocycles. The molecule has 160 valence electrons. The molecule has 2 aromatic heterocycles. The summed E-state index contributed by atoms with van der Waals surface area (Å²) in [5.74, 6) is -0.777. The first-order chi connectivity index (χ1) is 14.9. The monoisotopic (exact) mass is 457 g/mol. The highest BCUT2D eigenvalue weighted by Crippen LogP contribution is 2.46. The molecule has 0 bridgehead atoms. The third-order valence-corrected chi connectivity index (χ3v) is 6.77. The highest BCUT2D eigenvalue weighted by Gasteiger charge is 2.47. The lowest BCUT2D eigenvalue weighted by Crippen LogP contribution is -2.31. The van der Waals surface area contributed by atoms with Gasteiger partial charge in [0.1, 0.15) is 17.5 Å². The van der Waals surface area contributed by atoms with Crippen LogP contribution in [0.2, 0.25) is 0 Å². The minimum absolute atomic E-state index is 0.0320. The zero-order chi connectivity index (χ0) is 22.3. The fourth-order valence-corrected chi connectivity index (χ4v) is 5.11. The average molecular weight is 458 g/mol. The number of carbonyl (C=O) groups is 2. The number of hydrogen-bond acceptors (Lipinski definition) is 9. The van der Waals surface area contributed by atoms with Crippen LogP contribution in [-0.4, -0.2) is 41.0 Å². The third-order valence-electron chi connectivity index (χ3n) is 4.92. The molecule has 0 aliphatic carbocycles. The Morgan fingerprint density at radius 2 is 2.00 bits per heavy atom. The Kier molecular flexibility index (Phi) is 5.50. The van der Waals surface area contributed by atoms with Gasteiger partial charge in [0.05, 0.1) is 35.4 Å². The first kappa shape index (κ1) is 21.0. The number of thiazole rings is 2. The number of benzene rings is 1. The molecule has 1 N–H and O–H groups in total. The second-order valence-corrected chi connectivity index (χ2v) is 8.82. The van der Waals surface area contributed by atoms with Crippen LogP contribution in [0, 0.1) is 13.8 Å². The number of ketones is 1. The Labute approximate surface area is 186 Å². The van der Waals surface area contributed by atoms with Gasteiger partial charge in [-0.15, -0.1) is 22.7 Å². The molecule has 0 spiro atoms. The quantitative estimate of drug-likeness (QED) is 0.558. The van der Waals surface area contributed by atoms with Crippen LogP contribution >= 0.6 is 22.7 Å². The molecule has 8 nitrogen and oxygen atoms in total. The molecule has 1 unspecified atom stereocenters. The van der Waals surface area contributed by atoms with Gasteiger partial charge in [0, 0.05) is 23.2 Å². The van der Waals surface area contributed by atoms with E-state index in [9.17, 15) is 14.7 Å². The number of aliphatic hydroxyl groups excluding tert-OH is 1. The molecule has 1 atom stereocenters. The largest absolute Gasteiger partial charge is 0.503 e. The fourth-order valence-electron chi connectivity index (χ4n) is 3.57. The lowest BCUT2D eigenvalue weighted by molar-refractivity contribution is -0.117. The second-order valence-electron chi connectivity index (χ2n) is 6.74. The number of amides is 1. The van der Waals surface area contributed by atoms with E-state index < -0.39 is 23.5 Å². The van der Waals surface area contributed by atoms with Crippen molar-refractivity contribution in [3.63, 3.8) is 0 Å². The Bertz CT molecular complexity index is 1200. The first-order valence-electron chi connectivity index (χ1n) is 9.24. The van der Waals surface area contributed by atoms with Gasteiger partial charge in [0.15, 0.2) is 10.9 Å². The van der Waals surface area contributed by atoms with Crippen molar-refractivity contribution in [3.05, 3.63) is 62.3 Å². The van der Waals surface area contributed by atoms with Gasteiger partial charge in [-0.3, -0.25) is 14.5 Å². The topological polar surface area (TPSA) is 102 Å². The molecule has 0 saturated carbocycles. The zero-order valence-corrected chi connectivity index (χ0v) is 18.8. The number of aryl methyl sites for hydroxylation is 2. The van der Waals surface area contributed by atoms with Gasteiger partial charge in [-0.05, 0) is 26.0 Å². The number of methoxy groups -OCH3 is 2. The van der Waals surface area contributed by atoms with E-state index in [0.717, 1.165) is 5.01 Å². The number of aromatic nitrogens is 2. The van der Waals surface area contributed by atoms with Crippen LogP contribution in [-0.2, 0) is 4.79 Å². The number of rotatable bonds is 6. The van der Waals surface area contributed by atoms with E-state index in [4.69, 9.17) is 9.47 Å². The molecule has 31 heavy (non-hydrogen) atoms. The van der Waals surface area contributed by atoms with Gasteiger partial charge in [0.25, 0.3) is 5.91 Å². The van der Waals surface area contributed by atoms with E-state index in [-0.39, 0.29) is 5.57 Å². The molecule has 0 fully saturated rings. The number of nitrogens with zero attached hydrogens (tertiary/aromatic N) is 3. The summed E-state index contributed by atoms with van der Waals surface area (Å²) in [6.45, 7) is 3.53. The number of carbonyl (C=O) groups excluding carboxylic acids is 2. The minimum atomic E-state index is -0.922.